The van der Waals surface area contributed by atoms with Crippen LogP contribution in [0.15, 0.2) is 41.8 Å². The van der Waals surface area contributed by atoms with E-state index in [1.807, 2.05) is 41.8 Å². The number of amides is 1. The first-order valence-corrected chi connectivity index (χ1v) is 9.00. The van der Waals surface area contributed by atoms with E-state index in [0.29, 0.717) is 12.3 Å². The summed E-state index contributed by atoms with van der Waals surface area (Å²) in [5.74, 6) is 1.41. The highest BCUT2D eigenvalue weighted by atomic mass is 32.2. The summed E-state index contributed by atoms with van der Waals surface area (Å²) >= 11 is 3.24. The molecule has 22 heavy (non-hydrogen) atoms. The molecule has 0 radical (unpaired) electrons. The molecule has 0 saturated carbocycles. The standard InChI is InChI=1S/C16H17N3OS2/c1-11(16-18-13-6-2-3-7-14(13)19-16)22-10-15(20)17-9-12-5-4-8-21-12/h2-8,11H,9-10H2,1H3,(H,17,20)(H,18,19). The van der Waals surface area contributed by atoms with Crippen LogP contribution in [0.1, 0.15) is 22.9 Å². The van der Waals surface area contributed by atoms with Crippen LogP contribution in [0.4, 0.5) is 0 Å². The zero-order valence-electron chi connectivity index (χ0n) is 12.2. The number of fused-ring (bicyclic) bond motifs is 1. The van der Waals surface area contributed by atoms with E-state index in [2.05, 4.69) is 22.2 Å². The number of carbonyl (C=O) groups excluding carboxylic acids is 1. The number of benzene rings is 1. The van der Waals surface area contributed by atoms with Crippen molar-refractivity contribution in [3.8, 4) is 0 Å². The maximum atomic E-state index is 11.9. The third-order valence-corrected chi connectivity index (χ3v) is 5.33. The minimum absolute atomic E-state index is 0.0568. The van der Waals surface area contributed by atoms with Gasteiger partial charge in [0, 0.05) is 4.88 Å². The number of nitrogens with one attached hydrogen (secondary N) is 2. The molecule has 0 bridgehead atoms. The van der Waals surface area contributed by atoms with Crippen LogP contribution in [0, 0.1) is 0 Å². The predicted octanol–water partition coefficient (Wildman–Crippen LogP) is 3.74. The Kier molecular flexibility index (Phi) is 4.80. The van der Waals surface area contributed by atoms with E-state index in [0.717, 1.165) is 16.9 Å². The molecule has 2 aromatic heterocycles. The number of hydrogen-bond donors (Lipinski definition) is 2. The van der Waals surface area contributed by atoms with Crippen molar-refractivity contribution in [2.45, 2.75) is 18.7 Å². The number of aromatic nitrogens is 2. The lowest BCUT2D eigenvalue weighted by atomic mass is 10.3. The second-order valence-corrected chi connectivity index (χ2v) is 7.31. The molecule has 4 nitrogen and oxygen atoms in total. The summed E-state index contributed by atoms with van der Waals surface area (Å²) in [6.07, 6.45) is 0. The number of aromatic amines is 1. The minimum Gasteiger partial charge on any atom is -0.350 e. The third-order valence-electron chi connectivity index (χ3n) is 3.30. The topological polar surface area (TPSA) is 57.8 Å². The van der Waals surface area contributed by atoms with E-state index in [4.69, 9.17) is 0 Å². The molecule has 0 aliphatic rings. The second-order valence-electron chi connectivity index (χ2n) is 4.95. The molecule has 1 atom stereocenters. The number of nitrogens with zero attached hydrogens (tertiary/aromatic N) is 1. The van der Waals surface area contributed by atoms with Gasteiger partial charge >= 0.3 is 0 Å². The molecule has 0 spiro atoms. The molecule has 0 fully saturated rings. The molecule has 2 N–H and O–H groups in total. The summed E-state index contributed by atoms with van der Waals surface area (Å²) < 4.78 is 0. The molecule has 0 saturated heterocycles. The van der Waals surface area contributed by atoms with Crippen LogP contribution in [0.5, 0.6) is 0 Å². The van der Waals surface area contributed by atoms with E-state index < -0.39 is 0 Å². The Morgan fingerprint density at radius 2 is 2.23 bits per heavy atom. The zero-order valence-corrected chi connectivity index (χ0v) is 13.8. The van der Waals surface area contributed by atoms with Gasteiger partial charge in [-0.3, -0.25) is 4.79 Å². The van der Waals surface area contributed by atoms with Gasteiger partial charge < -0.3 is 10.3 Å². The van der Waals surface area contributed by atoms with Crippen molar-refractivity contribution < 1.29 is 4.79 Å². The monoisotopic (exact) mass is 331 g/mol. The van der Waals surface area contributed by atoms with Crippen molar-refractivity contribution >= 4 is 40.0 Å². The molecule has 6 heteroatoms. The largest absolute Gasteiger partial charge is 0.350 e. The molecular formula is C16H17N3OS2. The van der Waals surface area contributed by atoms with Crippen LogP contribution in [-0.2, 0) is 11.3 Å². The maximum Gasteiger partial charge on any atom is 0.230 e. The summed E-state index contributed by atoms with van der Waals surface area (Å²) in [5, 5.41) is 5.10. The van der Waals surface area contributed by atoms with Crippen LogP contribution in [0.25, 0.3) is 11.0 Å². The number of rotatable bonds is 6. The molecule has 2 heterocycles. The number of carbonyl (C=O) groups is 1. The molecule has 0 aliphatic carbocycles. The number of imidazole rings is 1. The lowest BCUT2D eigenvalue weighted by Crippen LogP contribution is -2.24. The zero-order chi connectivity index (χ0) is 15.4. The van der Waals surface area contributed by atoms with Gasteiger partial charge in [-0.25, -0.2) is 4.98 Å². The van der Waals surface area contributed by atoms with Gasteiger partial charge in [0.05, 0.1) is 28.6 Å². The van der Waals surface area contributed by atoms with Gasteiger partial charge in [-0.05, 0) is 30.5 Å². The van der Waals surface area contributed by atoms with Gasteiger partial charge in [0.15, 0.2) is 0 Å². The number of thioether (sulfide) groups is 1. The number of hydrogen-bond acceptors (Lipinski definition) is 4. The fourth-order valence-electron chi connectivity index (χ4n) is 2.09. The minimum atomic E-state index is 0.0568. The van der Waals surface area contributed by atoms with Gasteiger partial charge in [-0.1, -0.05) is 18.2 Å². The molecule has 114 valence electrons. The van der Waals surface area contributed by atoms with E-state index >= 15 is 0 Å². The van der Waals surface area contributed by atoms with Crippen LogP contribution < -0.4 is 5.32 Å². The first-order valence-electron chi connectivity index (χ1n) is 7.07. The van der Waals surface area contributed by atoms with Crippen LogP contribution >= 0.6 is 23.1 Å². The SMILES string of the molecule is CC(SCC(=O)NCc1cccs1)c1nc2ccccc2[nH]1. The van der Waals surface area contributed by atoms with Gasteiger partial charge in [0.25, 0.3) is 0 Å². The van der Waals surface area contributed by atoms with E-state index in [1.165, 1.54) is 4.88 Å². The second kappa shape index (κ2) is 6.98. The maximum absolute atomic E-state index is 11.9. The average molecular weight is 331 g/mol. The van der Waals surface area contributed by atoms with Crippen LogP contribution in [0.3, 0.4) is 0 Å². The van der Waals surface area contributed by atoms with Gasteiger partial charge in [0.2, 0.25) is 5.91 Å². The Hall–Kier alpha value is -1.79. The number of thiophene rings is 1. The van der Waals surface area contributed by atoms with Crippen molar-refractivity contribution in [2.24, 2.45) is 0 Å². The fraction of sp³-hybridized carbons (Fsp3) is 0.250. The highest BCUT2D eigenvalue weighted by molar-refractivity contribution is 8.00. The predicted molar refractivity (Wildman–Crippen MR) is 93.1 cm³/mol. The van der Waals surface area contributed by atoms with Gasteiger partial charge in [-0.15, -0.1) is 23.1 Å². The van der Waals surface area contributed by atoms with E-state index in [9.17, 15) is 4.79 Å². The molecule has 0 aliphatic heterocycles. The first-order chi connectivity index (χ1) is 10.7. The molecular weight excluding hydrogens is 314 g/mol. The Bertz CT molecular complexity index is 719. The average Bonchev–Trinajstić information content (AvgIpc) is 3.19. The van der Waals surface area contributed by atoms with Crippen molar-refractivity contribution in [2.75, 3.05) is 5.75 Å². The molecule has 3 aromatic rings. The summed E-state index contributed by atoms with van der Waals surface area (Å²) in [7, 11) is 0. The molecule has 3 rings (SSSR count). The number of para-hydroxylation sites is 2. The van der Waals surface area contributed by atoms with Crippen molar-refractivity contribution in [1.29, 1.82) is 0 Å². The van der Waals surface area contributed by atoms with Crippen LogP contribution in [0.2, 0.25) is 0 Å². The highest BCUT2D eigenvalue weighted by Crippen LogP contribution is 2.27. The third kappa shape index (κ3) is 3.69. The summed E-state index contributed by atoms with van der Waals surface area (Å²) in [6.45, 7) is 2.67. The smallest absolute Gasteiger partial charge is 0.230 e. The normalized spacial score (nSPS) is 12.4. The Morgan fingerprint density at radius 3 is 3.00 bits per heavy atom. The lowest BCUT2D eigenvalue weighted by Gasteiger charge is -2.08. The Balaban J connectivity index is 1.51. The Morgan fingerprint density at radius 1 is 1.36 bits per heavy atom. The number of H-pyrrole nitrogens is 1. The van der Waals surface area contributed by atoms with Gasteiger partial charge in [0.1, 0.15) is 5.82 Å². The van der Waals surface area contributed by atoms with Crippen LogP contribution in [-0.4, -0.2) is 21.6 Å². The Labute approximate surface area is 137 Å². The molecule has 1 amide bonds. The first kappa shape index (κ1) is 15.1. The highest BCUT2D eigenvalue weighted by Gasteiger charge is 2.13. The summed E-state index contributed by atoms with van der Waals surface area (Å²) in [5.41, 5.74) is 2.00. The van der Waals surface area contributed by atoms with Crippen molar-refractivity contribution in [3.63, 3.8) is 0 Å². The molecule has 1 aromatic carbocycles. The quantitative estimate of drug-likeness (QED) is 0.723. The molecule has 1 unspecified atom stereocenters. The van der Waals surface area contributed by atoms with E-state index in [-0.39, 0.29) is 11.2 Å². The lowest BCUT2D eigenvalue weighted by molar-refractivity contribution is -0.118. The van der Waals surface area contributed by atoms with Gasteiger partial charge in [-0.2, -0.15) is 0 Å². The van der Waals surface area contributed by atoms with Crippen molar-refractivity contribution in [1.82, 2.24) is 15.3 Å². The van der Waals surface area contributed by atoms with E-state index in [1.54, 1.807) is 23.1 Å². The fourth-order valence-corrected chi connectivity index (χ4v) is 3.51. The van der Waals surface area contributed by atoms with Crippen molar-refractivity contribution in [3.05, 3.63) is 52.5 Å². The summed E-state index contributed by atoms with van der Waals surface area (Å²) in [4.78, 5) is 20.9. The summed E-state index contributed by atoms with van der Waals surface area (Å²) in [6, 6.07) is 12.0.